The van der Waals surface area contributed by atoms with Crippen molar-refractivity contribution in [1.82, 2.24) is 0 Å². The smallest absolute Gasteiger partial charge is 0.335 e. The van der Waals surface area contributed by atoms with Gasteiger partial charge in [0.05, 0.1) is 5.57 Å². The van der Waals surface area contributed by atoms with Gasteiger partial charge in [-0.1, -0.05) is 11.6 Å². The summed E-state index contributed by atoms with van der Waals surface area (Å²) in [6.45, 7) is 3.25. The predicted molar refractivity (Wildman–Crippen MR) is 75.3 cm³/mol. The average Bonchev–Trinajstić information content (AvgIpc) is 2.36. The summed E-state index contributed by atoms with van der Waals surface area (Å²) in [6.07, 6.45) is 0.498. The number of carboxylic acid groups (broad SMARTS) is 1. The van der Waals surface area contributed by atoms with Crippen LogP contribution in [0, 0.1) is 6.92 Å². The van der Waals surface area contributed by atoms with E-state index in [-0.39, 0.29) is 11.7 Å². The number of hydrogen-bond acceptors (Lipinski definition) is 2. The Morgan fingerprint density at radius 2 is 2.26 bits per heavy atom. The average molecular weight is 282 g/mol. The van der Waals surface area contributed by atoms with Gasteiger partial charge in [-0.3, -0.25) is 0 Å². The van der Waals surface area contributed by atoms with Gasteiger partial charge in [0, 0.05) is 11.7 Å². The summed E-state index contributed by atoms with van der Waals surface area (Å²) >= 11 is 0. The Balaban J connectivity index is 2.52. The molecule has 3 nitrogen and oxygen atoms in total. The Labute approximate surface area is 113 Å². The summed E-state index contributed by atoms with van der Waals surface area (Å²) in [6, 6.07) is 5.42. The van der Waals surface area contributed by atoms with Crippen LogP contribution in [0.15, 0.2) is 23.8 Å². The molecule has 0 spiro atoms. The van der Waals surface area contributed by atoms with Gasteiger partial charge < -0.3 is 9.84 Å². The van der Waals surface area contributed by atoms with E-state index >= 15 is 0 Å². The fourth-order valence-corrected chi connectivity index (χ4v) is 2.26. The third-order valence-electron chi connectivity index (χ3n) is 3.20. The number of alkyl halides is 1. The number of hydrogen-bond donors (Lipinski definition) is 1. The lowest BCUT2D eigenvalue weighted by Crippen LogP contribution is -2.45. The van der Waals surface area contributed by atoms with Gasteiger partial charge in [0.2, 0.25) is 0 Å². The van der Waals surface area contributed by atoms with Crippen LogP contribution in [0.25, 0.3) is 6.08 Å². The Morgan fingerprint density at radius 3 is 2.84 bits per heavy atom. The van der Waals surface area contributed by atoms with E-state index in [4.69, 9.17) is 4.74 Å². The number of carbonyl (C=O) groups is 1. The third kappa shape index (κ3) is 2.64. The van der Waals surface area contributed by atoms with Crippen molar-refractivity contribution in [2.75, 3.05) is 6.16 Å². The lowest BCUT2D eigenvalue weighted by atomic mass is 9.91. The molecular weight excluding hydrogens is 266 g/mol. The molecule has 3 unspecified atom stereocenters. The van der Waals surface area contributed by atoms with E-state index in [2.05, 4.69) is 9.24 Å². The summed E-state index contributed by atoms with van der Waals surface area (Å²) in [5.41, 5.74) is -0.133. The van der Waals surface area contributed by atoms with Crippen molar-refractivity contribution in [2.24, 2.45) is 0 Å². The summed E-state index contributed by atoms with van der Waals surface area (Å²) in [5, 5.41) is 9.24. The van der Waals surface area contributed by atoms with Crippen molar-refractivity contribution >= 4 is 21.3 Å². The number of rotatable bonds is 3. The second-order valence-corrected chi connectivity index (χ2v) is 5.33. The Bertz CT molecular complexity index is 552. The molecule has 1 aromatic carbocycles. The Hall–Kier alpha value is -1.41. The SMILES string of the molecule is Cc1ccc2c(c1)C=C(C(=O)O)C(C(C)(F)CP)O2. The number of aliphatic carboxylic acids is 1. The molecule has 19 heavy (non-hydrogen) atoms. The maximum absolute atomic E-state index is 14.4. The fraction of sp³-hybridized carbons (Fsp3) is 0.357. The van der Waals surface area contributed by atoms with Crippen LogP contribution in [-0.4, -0.2) is 29.0 Å². The summed E-state index contributed by atoms with van der Waals surface area (Å²) < 4.78 is 20.0. The molecule has 102 valence electrons. The standard InChI is InChI=1S/C14H16FO3P/c1-8-3-4-11-9(5-8)6-10(13(16)17)12(18-11)14(2,15)7-19/h3-6,12H,7,19H2,1-2H3,(H,16,17). The zero-order valence-corrected chi connectivity index (χ0v) is 12.0. The highest BCUT2D eigenvalue weighted by Gasteiger charge is 2.42. The number of ether oxygens (including phenoxy) is 1. The van der Waals surface area contributed by atoms with Crippen LogP contribution in [0.3, 0.4) is 0 Å². The summed E-state index contributed by atoms with van der Waals surface area (Å²) in [7, 11) is 2.29. The zero-order chi connectivity index (χ0) is 14.2. The molecule has 2 rings (SSSR count). The van der Waals surface area contributed by atoms with Crippen LogP contribution in [0.4, 0.5) is 4.39 Å². The van der Waals surface area contributed by atoms with E-state index in [1.165, 1.54) is 13.0 Å². The van der Waals surface area contributed by atoms with Crippen molar-refractivity contribution in [3.8, 4) is 5.75 Å². The molecule has 1 aliphatic heterocycles. The van der Waals surface area contributed by atoms with Gasteiger partial charge in [-0.2, -0.15) is 0 Å². The fourth-order valence-electron chi connectivity index (χ4n) is 2.05. The van der Waals surface area contributed by atoms with E-state index in [1.54, 1.807) is 6.07 Å². The van der Waals surface area contributed by atoms with Crippen LogP contribution >= 0.6 is 9.24 Å². The number of carboxylic acids is 1. The second-order valence-electron chi connectivity index (χ2n) is 4.93. The minimum absolute atomic E-state index is 0.0504. The molecule has 5 heteroatoms. The lowest BCUT2D eigenvalue weighted by Gasteiger charge is -2.33. The highest BCUT2D eigenvalue weighted by atomic mass is 31.0. The van der Waals surface area contributed by atoms with Crippen molar-refractivity contribution in [2.45, 2.75) is 25.6 Å². The van der Waals surface area contributed by atoms with E-state index in [0.717, 1.165) is 5.56 Å². The third-order valence-corrected chi connectivity index (χ3v) is 3.99. The van der Waals surface area contributed by atoms with Gasteiger partial charge in [-0.15, -0.1) is 9.24 Å². The van der Waals surface area contributed by atoms with Crippen molar-refractivity contribution < 1.29 is 19.0 Å². The van der Waals surface area contributed by atoms with Gasteiger partial charge in [0.25, 0.3) is 0 Å². The topological polar surface area (TPSA) is 46.5 Å². The molecule has 3 atom stereocenters. The maximum Gasteiger partial charge on any atom is 0.335 e. The molecule has 0 radical (unpaired) electrons. The first-order chi connectivity index (χ1) is 8.85. The van der Waals surface area contributed by atoms with Gasteiger partial charge in [-0.25, -0.2) is 9.18 Å². The molecule has 0 bridgehead atoms. The Kier molecular flexibility index (Phi) is 3.64. The lowest BCUT2D eigenvalue weighted by molar-refractivity contribution is -0.134. The van der Waals surface area contributed by atoms with Crippen molar-refractivity contribution in [1.29, 1.82) is 0 Å². The number of fused-ring (bicyclic) bond motifs is 1. The zero-order valence-electron chi connectivity index (χ0n) is 10.8. The maximum atomic E-state index is 14.4. The molecule has 1 aromatic rings. The summed E-state index contributed by atoms with van der Waals surface area (Å²) in [4.78, 5) is 11.3. The number of benzene rings is 1. The highest BCUT2D eigenvalue weighted by Crippen LogP contribution is 2.36. The minimum atomic E-state index is -1.75. The van der Waals surface area contributed by atoms with E-state index in [9.17, 15) is 14.3 Å². The van der Waals surface area contributed by atoms with Gasteiger partial charge in [0.1, 0.15) is 5.75 Å². The van der Waals surface area contributed by atoms with Gasteiger partial charge in [-0.05, 0) is 32.1 Å². The normalized spacial score (nSPS) is 20.8. The molecule has 0 fully saturated rings. The molecule has 0 aromatic heterocycles. The molecular formula is C14H16FO3P. The van der Waals surface area contributed by atoms with E-state index in [0.29, 0.717) is 11.3 Å². The number of halogens is 1. The predicted octanol–water partition coefficient (Wildman–Crippen LogP) is 2.83. The monoisotopic (exact) mass is 282 g/mol. The van der Waals surface area contributed by atoms with Crippen LogP contribution < -0.4 is 4.74 Å². The summed E-state index contributed by atoms with van der Waals surface area (Å²) in [5.74, 6) is -0.637. The van der Waals surface area contributed by atoms with Crippen LogP contribution in [0.2, 0.25) is 0 Å². The largest absolute Gasteiger partial charge is 0.481 e. The molecule has 0 saturated carbocycles. The van der Waals surface area contributed by atoms with Crippen LogP contribution in [-0.2, 0) is 4.79 Å². The van der Waals surface area contributed by atoms with Crippen LogP contribution in [0.5, 0.6) is 5.75 Å². The molecule has 0 aliphatic carbocycles. The molecule has 1 heterocycles. The first-order valence-electron chi connectivity index (χ1n) is 5.96. The minimum Gasteiger partial charge on any atom is -0.481 e. The first kappa shape index (κ1) is 14.0. The van der Waals surface area contributed by atoms with Gasteiger partial charge in [0.15, 0.2) is 11.8 Å². The molecule has 0 saturated heterocycles. The molecule has 1 N–H and O–H groups in total. The van der Waals surface area contributed by atoms with Crippen molar-refractivity contribution in [3.05, 3.63) is 34.9 Å². The first-order valence-corrected chi connectivity index (χ1v) is 6.78. The Morgan fingerprint density at radius 1 is 1.58 bits per heavy atom. The molecule has 1 aliphatic rings. The van der Waals surface area contributed by atoms with Gasteiger partial charge >= 0.3 is 5.97 Å². The molecule has 0 amide bonds. The van der Waals surface area contributed by atoms with E-state index in [1.807, 2.05) is 19.1 Å². The quantitative estimate of drug-likeness (QED) is 0.867. The number of aryl methyl sites for hydroxylation is 1. The second kappa shape index (κ2) is 4.93. The van der Waals surface area contributed by atoms with Crippen molar-refractivity contribution in [3.63, 3.8) is 0 Å². The highest BCUT2D eigenvalue weighted by molar-refractivity contribution is 7.16. The van der Waals surface area contributed by atoms with E-state index < -0.39 is 17.7 Å². The van der Waals surface area contributed by atoms with Crippen LogP contribution in [0.1, 0.15) is 18.1 Å².